The topological polar surface area (TPSA) is 41.6 Å². The van der Waals surface area contributed by atoms with Gasteiger partial charge in [0.05, 0.1) is 23.1 Å². The van der Waals surface area contributed by atoms with E-state index in [4.69, 9.17) is 27.9 Å². The van der Waals surface area contributed by atoms with Gasteiger partial charge in [-0.1, -0.05) is 23.2 Å². The second-order valence-electron chi connectivity index (χ2n) is 5.14. The van der Waals surface area contributed by atoms with Crippen molar-refractivity contribution in [1.82, 2.24) is 10.2 Å². The summed E-state index contributed by atoms with van der Waals surface area (Å²) < 4.78 is 5.55. The Morgan fingerprint density at radius 2 is 2.24 bits per heavy atom. The number of rotatable bonds is 5. The van der Waals surface area contributed by atoms with Crippen molar-refractivity contribution in [3.63, 3.8) is 0 Å². The van der Waals surface area contributed by atoms with Crippen LogP contribution in [0.25, 0.3) is 0 Å². The molecule has 0 saturated carbocycles. The average molecular weight is 331 g/mol. The zero-order valence-corrected chi connectivity index (χ0v) is 13.6. The van der Waals surface area contributed by atoms with Crippen LogP contribution >= 0.6 is 23.2 Å². The van der Waals surface area contributed by atoms with Crippen molar-refractivity contribution in [3.8, 4) is 5.75 Å². The Morgan fingerprint density at radius 1 is 1.43 bits per heavy atom. The lowest BCUT2D eigenvalue weighted by molar-refractivity contribution is -0.133. The van der Waals surface area contributed by atoms with Crippen LogP contribution in [0, 0.1) is 0 Å². The van der Waals surface area contributed by atoms with Gasteiger partial charge in [0.1, 0.15) is 5.75 Å². The highest BCUT2D eigenvalue weighted by Gasteiger charge is 2.22. The van der Waals surface area contributed by atoms with E-state index >= 15 is 0 Å². The maximum absolute atomic E-state index is 12.1. The Kier molecular flexibility index (Phi) is 6.15. The highest BCUT2D eigenvalue weighted by Crippen LogP contribution is 2.26. The third kappa shape index (κ3) is 4.77. The van der Waals surface area contributed by atoms with Gasteiger partial charge in [-0.15, -0.1) is 0 Å². The van der Waals surface area contributed by atoms with Gasteiger partial charge < -0.3 is 15.0 Å². The zero-order valence-electron chi connectivity index (χ0n) is 12.1. The molecular formula is C15H20Cl2N2O2. The van der Waals surface area contributed by atoms with Gasteiger partial charge in [-0.05, 0) is 32.0 Å². The summed E-state index contributed by atoms with van der Waals surface area (Å²) in [7, 11) is 1.94. The molecule has 1 aliphatic heterocycles. The number of carbonyl (C=O) groups excluding carboxylic acids is 1. The predicted octanol–water partition coefficient (Wildman–Crippen LogP) is 2.97. The smallest absolute Gasteiger partial charge is 0.226 e. The van der Waals surface area contributed by atoms with Crippen molar-refractivity contribution >= 4 is 29.1 Å². The lowest BCUT2D eigenvalue weighted by Crippen LogP contribution is -2.47. The van der Waals surface area contributed by atoms with Crippen molar-refractivity contribution in [3.05, 3.63) is 28.2 Å². The van der Waals surface area contributed by atoms with E-state index in [0.29, 0.717) is 34.9 Å². The second kappa shape index (κ2) is 7.87. The highest BCUT2D eigenvalue weighted by atomic mass is 35.5. The highest BCUT2D eigenvalue weighted by molar-refractivity contribution is 6.42. The van der Waals surface area contributed by atoms with E-state index < -0.39 is 0 Å². The Morgan fingerprint density at radius 3 is 2.95 bits per heavy atom. The van der Waals surface area contributed by atoms with Crippen LogP contribution in [0.4, 0.5) is 0 Å². The second-order valence-corrected chi connectivity index (χ2v) is 5.96. The zero-order chi connectivity index (χ0) is 15.2. The van der Waals surface area contributed by atoms with E-state index in [1.54, 1.807) is 18.2 Å². The Labute approximate surface area is 135 Å². The molecule has 1 aliphatic rings. The molecule has 1 atom stereocenters. The molecule has 4 nitrogen and oxygen atoms in total. The van der Waals surface area contributed by atoms with E-state index in [-0.39, 0.29) is 5.91 Å². The first-order valence-electron chi connectivity index (χ1n) is 7.13. The van der Waals surface area contributed by atoms with Crippen LogP contribution in [0.5, 0.6) is 5.75 Å². The molecule has 116 valence electrons. The van der Waals surface area contributed by atoms with Crippen LogP contribution in [0.2, 0.25) is 10.0 Å². The minimum Gasteiger partial charge on any atom is -0.493 e. The molecule has 0 radical (unpaired) electrons. The molecule has 0 spiro atoms. The summed E-state index contributed by atoms with van der Waals surface area (Å²) in [5.74, 6) is 0.763. The van der Waals surface area contributed by atoms with Crippen molar-refractivity contribution in [1.29, 1.82) is 0 Å². The first-order valence-corrected chi connectivity index (χ1v) is 7.88. The minimum atomic E-state index is 0.134. The number of halogens is 2. The SMILES string of the molecule is CNC1CCCN(C(=O)CCOc2ccc(Cl)c(Cl)c2)C1. The van der Waals surface area contributed by atoms with E-state index in [2.05, 4.69) is 5.32 Å². The van der Waals surface area contributed by atoms with Crippen LogP contribution in [-0.4, -0.2) is 43.6 Å². The van der Waals surface area contributed by atoms with Crippen LogP contribution in [-0.2, 0) is 4.79 Å². The molecule has 1 saturated heterocycles. The van der Waals surface area contributed by atoms with Gasteiger partial charge in [0.15, 0.2) is 0 Å². The van der Waals surface area contributed by atoms with E-state index in [1.807, 2.05) is 11.9 Å². The third-order valence-corrected chi connectivity index (χ3v) is 4.40. The first-order chi connectivity index (χ1) is 10.1. The average Bonchev–Trinajstić information content (AvgIpc) is 2.50. The van der Waals surface area contributed by atoms with Gasteiger partial charge in [0.25, 0.3) is 0 Å². The molecule has 21 heavy (non-hydrogen) atoms. The number of ether oxygens (including phenoxy) is 1. The largest absolute Gasteiger partial charge is 0.493 e. The number of hydrogen-bond acceptors (Lipinski definition) is 3. The van der Waals surface area contributed by atoms with Crippen molar-refractivity contribution < 1.29 is 9.53 Å². The summed E-state index contributed by atoms with van der Waals surface area (Å²) >= 11 is 11.8. The summed E-state index contributed by atoms with van der Waals surface area (Å²) in [6.45, 7) is 1.96. The first kappa shape index (κ1) is 16.4. The Bertz CT molecular complexity index is 497. The number of amides is 1. The molecule has 6 heteroatoms. The number of piperidine rings is 1. The molecule has 1 aromatic rings. The summed E-state index contributed by atoms with van der Waals surface area (Å²) in [4.78, 5) is 14.0. The normalized spacial score (nSPS) is 18.6. The number of likely N-dealkylation sites (N-methyl/N-ethyl adjacent to an activating group) is 1. The van der Waals surface area contributed by atoms with Gasteiger partial charge in [-0.25, -0.2) is 0 Å². The summed E-state index contributed by atoms with van der Waals surface area (Å²) in [5, 5.41) is 4.17. The molecule has 1 fully saturated rings. The molecule has 0 aliphatic carbocycles. The molecule has 0 bridgehead atoms. The monoisotopic (exact) mass is 330 g/mol. The van der Waals surface area contributed by atoms with E-state index in [1.165, 1.54) is 0 Å². The van der Waals surface area contributed by atoms with Gasteiger partial charge >= 0.3 is 0 Å². The molecule has 1 amide bonds. The molecule has 1 heterocycles. The number of hydrogen-bond donors (Lipinski definition) is 1. The molecule has 1 N–H and O–H groups in total. The minimum absolute atomic E-state index is 0.134. The van der Waals surface area contributed by atoms with Gasteiger partial charge in [-0.3, -0.25) is 4.79 Å². The number of nitrogens with zero attached hydrogens (tertiary/aromatic N) is 1. The molecule has 0 aromatic heterocycles. The number of likely N-dealkylation sites (tertiary alicyclic amines) is 1. The summed E-state index contributed by atoms with van der Waals surface area (Å²) in [6, 6.07) is 5.49. The number of benzene rings is 1. The number of carbonyl (C=O) groups is 1. The Hall–Kier alpha value is -0.970. The Balaban J connectivity index is 1.77. The lowest BCUT2D eigenvalue weighted by Gasteiger charge is -2.32. The summed E-state index contributed by atoms with van der Waals surface area (Å²) in [6.07, 6.45) is 2.54. The quantitative estimate of drug-likeness (QED) is 0.902. The molecular weight excluding hydrogens is 311 g/mol. The van der Waals surface area contributed by atoms with E-state index in [0.717, 1.165) is 25.9 Å². The molecule has 2 rings (SSSR count). The van der Waals surface area contributed by atoms with Gasteiger partial charge in [0.2, 0.25) is 5.91 Å². The fourth-order valence-electron chi connectivity index (χ4n) is 2.42. The van der Waals surface area contributed by atoms with Crippen molar-refractivity contribution in [2.45, 2.75) is 25.3 Å². The summed E-state index contributed by atoms with van der Waals surface area (Å²) in [5.41, 5.74) is 0. The fraction of sp³-hybridized carbons (Fsp3) is 0.533. The predicted molar refractivity (Wildman–Crippen MR) is 85.2 cm³/mol. The van der Waals surface area contributed by atoms with Crippen LogP contribution < -0.4 is 10.1 Å². The fourth-order valence-corrected chi connectivity index (χ4v) is 2.71. The third-order valence-electron chi connectivity index (χ3n) is 3.66. The van der Waals surface area contributed by atoms with Crippen LogP contribution in [0.1, 0.15) is 19.3 Å². The van der Waals surface area contributed by atoms with Gasteiger partial charge in [0, 0.05) is 25.2 Å². The van der Waals surface area contributed by atoms with Crippen molar-refractivity contribution in [2.24, 2.45) is 0 Å². The molecule has 1 aromatic carbocycles. The van der Waals surface area contributed by atoms with Gasteiger partial charge in [-0.2, -0.15) is 0 Å². The van der Waals surface area contributed by atoms with Crippen molar-refractivity contribution in [2.75, 3.05) is 26.7 Å². The van der Waals surface area contributed by atoms with Crippen LogP contribution in [0.3, 0.4) is 0 Å². The van der Waals surface area contributed by atoms with Crippen LogP contribution in [0.15, 0.2) is 18.2 Å². The maximum atomic E-state index is 12.1. The lowest BCUT2D eigenvalue weighted by atomic mass is 10.1. The maximum Gasteiger partial charge on any atom is 0.226 e. The standard InChI is InChI=1S/C15H20Cl2N2O2/c1-18-11-3-2-7-19(10-11)15(20)6-8-21-12-4-5-13(16)14(17)9-12/h4-5,9,11,18H,2-3,6-8,10H2,1H3. The van der Waals surface area contributed by atoms with E-state index in [9.17, 15) is 4.79 Å². The molecule has 1 unspecified atom stereocenters. The number of nitrogens with one attached hydrogen (secondary N) is 1.